The molecule has 164 valence electrons. The Balaban J connectivity index is 2.31. The fourth-order valence-corrected chi connectivity index (χ4v) is 2.83. The van der Waals surface area contributed by atoms with Gasteiger partial charge in [-0.25, -0.2) is 9.18 Å². The lowest BCUT2D eigenvalue weighted by molar-refractivity contribution is -0.147. The van der Waals surface area contributed by atoms with Gasteiger partial charge in [-0.2, -0.15) is 0 Å². The lowest BCUT2D eigenvalue weighted by atomic mass is 10.0. The normalized spacial score (nSPS) is 12.2. The van der Waals surface area contributed by atoms with Crippen molar-refractivity contribution in [3.63, 3.8) is 0 Å². The van der Waals surface area contributed by atoms with E-state index in [1.165, 1.54) is 30.3 Å². The molecule has 2 aromatic rings. The quantitative estimate of drug-likeness (QED) is 0.473. The number of rotatable bonds is 9. The summed E-state index contributed by atoms with van der Waals surface area (Å²) < 4.78 is 18.3. The molecule has 0 aromatic heterocycles. The van der Waals surface area contributed by atoms with Crippen LogP contribution in [0.5, 0.6) is 0 Å². The number of halogens is 1. The van der Waals surface area contributed by atoms with Gasteiger partial charge in [0.05, 0.1) is 6.61 Å². The summed E-state index contributed by atoms with van der Waals surface area (Å²) in [5, 5.41) is 5.24. The molecule has 2 rings (SSSR count). The van der Waals surface area contributed by atoms with Crippen molar-refractivity contribution in [2.24, 2.45) is 5.92 Å². The second-order valence-electron chi connectivity index (χ2n) is 7.34. The Bertz CT molecular complexity index is 924. The van der Waals surface area contributed by atoms with Gasteiger partial charge >= 0.3 is 5.97 Å². The van der Waals surface area contributed by atoms with Crippen molar-refractivity contribution >= 4 is 23.9 Å². The van der Waals surface area contributed by atoms with Crippen LogP contribution in [-0.2, 0) is 14.3 Å². The number of esters is 1. The van der Waals surface area contributed by atoms with Crippen molar-refractivity contribution < 1.29 is 23.5 Å². The average Bonchev–Trinajstić information content (AvgIpc) is 2.74. The standard InChI is InChI=1S/C24H27FN2O4/c1-4-31-24(30)21(14-16(2)3)27-23(29)20(15-17-10-12-19(25)13-11-17)26-22(28)18-8-6-5-7-9-18/h5-13,15-16,21H,4,14H2,1-3H3,(H,26,28)(H,27,29)/b20-15-/t21-/m1/s1. The Morgan fingerprint density at radius 1 is 1.03 bits per heavy atom. The van der Waals surface area contributed by atoms with Crippen LogP contribution < -0.4 is 10.6 Å². The molecule has 2 N–H and O–H groups in total. The first-order valence-electron chi connectivity index (χ1n) is 10.1. The van der Waals surface area contributed by atoms with E-state index >= 15 is 0 Å². The van der Waals surface area contributed by atoms with E-state index in [0.717, 1.165) is 0 Å². The minimum atomic E-state index is -0.863. The molecule has 0 aliphatic heterocycles. The number of hydrogen-bond acceptors (Lipinski definition) is 4. The minimum absolute atomic E-state index is 0.0708. The maximum atomic E-state index is 13.2. The zero-order valence-electron chi connectivity index (χ0n) is 17.9. The van der Waals surface area contributed by atoms with Gasteiger partial charge in [0.25, 0.3) is 11.8 Å². The molecular weight excluding hydrogens is 399 g/mol. The lowest BCUT2D eigenvalue weighted by Crippen LogP contribution is -2.45. The second kappa shape index (κ2) is 11.6. The molecular formula is C24H27FN2O4. The summed E-state index contributed by atoms with van der Waals surface area (Å²) >= 11 is 0. The predicted octanol–water partition coefficient (Wildman–Crippen LogP) is 3.69. The third kappa shape index (κ3) is 7.70. The van der Waals surface area contributed by atoms with E-state index in [2.05, 4.69) is 10.6 Å². The van der Waals surface area contributed by atoms with Crippen molar-refractivity contribution in [1.82, 2.24) is 10.6 Å². The number of nitrogens with one attached hydrogen (secondary N) is 2. The van der Waals surface area contributed by atoms with Gasteiger partial charge in [0.2, 0.25) is 0 Å². The number of carbonyl (C=O) groups is 3. The van der Waals surface area contributed by atoms with Crippen molar-refractivity contribution in [2.45, 2.75) is 33.2 Å². The maximum Gasteiger partial charge on any atom is 0.328 e. The van der Waals surface area contributed by atoms with E-state index in [-0.39, 0.29) is 18.2 Å². The Morgan fingerprint density at radius 2 is 1.68 bits per heavy atom. The molecule has 7 heteroatoms. The Morgan fingerprint density at radius 3 is 2.26 bits per heavy atom. The average molecular weight is 426 g/mol. The van der Waals surface area contributed by atoms with Crippen LogP contribution in [0.1, 0.15) is 43.1 Å². The van der Waals surface area contributed by atoms with E-state index in [4.69, 9.17) is 4.74 Å². The third-order valence-electron chi connectivity index (χ3n) is 4.29. The van der Waals surface area contributed by atoms with Crippen LogP contribution in [0.15, 0.2) is 60.3 Å². The molecule has 0 bridgehead atoms. The molecule has 2 amide bonds. The van der Waals surface area contributed by atoms with E-state index < -0.39 is 29.6 Å². The highest BCUT2D eigenvalue weighted by Gasteiger charge is 2.25. The van der Waals surface area contributed by atoms with E-state index in [1.54, 1.807) is 37.3 Å². The van der Waals surface area contributed by atoms with E-state index in [0.29, 0.717) is 17.5 Å². The van der Waals surface area contributed by atoms with E-state index in [9.17, 15) is 18.8 Å². The maximum absolute atomic E-state index is 13.2. The summed E-state index contributed by atoms with van der Waals surface area (Å²) in [4.78, 5) is 37.9. The summed E-state index contributed by atoms with van der Waals surface area (Å²) in [6.07, 6.45) is 1.80. The molecule has 0 saturated heterocycles. The van der Waals surface area contributed by atoms with Gasteiger partial charge < -0.3 is 15.4 Å². The van der Waals surface area contributed by atoms with Crippen LogP contribution in [0.2, 0.25) is 0 Å². The molecule has 0 saturated carbocycles. The molecule has 0 unspecified atom stereocenters. The fourth-order valence-electron chi connectivity index (χ4n) is 2.83. The zero-order chi connectivity index (χ0) is 22.8. The smallest absolute Gasteiger partial charge is 0.328 e. The summed E-state index contributed by atoms with van der Waals surface area (Å²) in [5.41, 5.74) is 0.805. The van der Waals surface area contributed by atoms with Gasteiger partial charge in [-0.15, -0.1) is 0 Å². The number of benzene rings is 2. The predicted molar refractivity (Wildman–Crippen MR) is 116 cm³/mol. The van der Waals surface area contributed by atoms with Gasteiger partial charge in [-0.3, -0.25) is 9.59 Å². The number of hydrogen-bond donors (Lipinski definition) is 2. The van der Waals surface area contributed by atoms with Crippen LogP contribution in [0.3, 0.4) is 0 Å². The van der Waals surface area contributed by atoms with Gasteiger partial charge in [-0.1, -0.05) is 44.2 Å². The van der Waals surface area contributed by atoms with Gasteiger partial charge in [0.15, 0.2) is 0 Å². The molecule has 1 atom stereocenters. The number of carbonyl (C=O) groups excluding carboxylic acids is 3. The first kappa shape index (κ1) is 23.8. The highest BCUT2D eigenvalue weighted by molar-refractivity contribution is 6.06. The summed E-state index contributed by atoms with van der Waals surface area (Å²) in [7, 11) is 0. The SMILES string of the molecule is CCOC(=O)[C@@H](CC(C)C)NC(=O)/C(=C/c1ccc(F)cc1)NC(=O)c1ccccc1. The van der Waals surface area contributed by atoms with Crippen LogP contribution in [0, 0.1) is 11.7 Å². The van der Waals surface area contributed by atoms with Crippen LogP contribution in [0.4, 0.5) is 4.39 Å². The summed E-state index contributed by atoms with van der Waals surface area (Å²) in [6.45, 7) is 5.72. The third-order valence-corrected chi connectivity index (χ3v) is 4.29. The summed E-state index contributed by atoms with van der Waals surface area (Å²) in [5.74, 6) is -1.97. The molecule has 6 nitrogen and oxygen atoms in total. The highest BCUT2D eigenvalue weighted by atomic mass is 19.1. The molecule has 0 radical (unpaired) electrons. The largest absolute Gasteiger partial charge is 0.464 e. The molecule has 0 fully saturated rings. The van der Waals surface area contributed by atoms with Crippen molar-refractivity contribution in [2.75, 3.05) is 6.61 Å². The number of ether oxygens (including phenoxy) is 1. The Hall–Kier alpha value is -3.48. The fraction of sp³-hybridized carbons (Fsp3) is 0.292. The van der Waals surface area contributed by atoms with Crippen LogP contribution >= 0.6 is 0 Å². The topological polar surface area (TPSA) is 84.5 Å². The second-order valence-corrected chi connectivity index (χ2v) is 7.34. The summed E-state index contributed by atoms with van der Waals surface area (Å²) in [6, 6.07) is 13.0. The van der Waals surface area contributed by atoms with Crippen molar-refractivity contribution in [3.8, 4) is 0 Å². The minimum Gasteiger partial charge on any atom is -0.464 e. The molecule has 0 heterocycles. The Kier molecular flexibility index (Phi) is 8.94. The molecule has 0 aliphatic carbocycles. The molecule has 2 aromatic carbocycles. The van der Waals surface area contributed by atoms with Crippen LogP contribution in [0.25, 0.3) is 6.08 Å². The van der Waals surface area contributed by atoms with Crippen molar-refractivity contribution in [3.05, 3.63) is 77.2 Å². The molecule has 31 heavy (non-hydrogen) atoms. The van der Waals surface area contributed by atoms with Crippen LogP contribution in [-0.4, -0.2) is 30.4 Å². The highest BCUT2D eigenvalue weighted by Crippen LogP contribution is 2.11. The van der Waals surface area contributed by atoms with Gasteiger partial charge in [0.1, 0.15) is 17.6 Å². The zero-order valence-corrected chi connectivity index (χ0v) is 17.9. The van der Waals surface area contributed by atoms with Crippen molar-refractivity contribution in [1.29, 1.82) is 0 Å². The lowest BCUT2D eigenvalue weighted by Gasteiger charge is -2.20. The monoisotopic (exact) mass is 426 g/mol. The van der Waals surface area contributed by atoms with Gasteiger partial charge in [0, 0.05) is 5.56 Å². The van der Waals surface area contributed by atoms with Gasteiger partial charge in [-0.05, 0) is 55.2 Å². The molecule has 0 aliphatic rings. The first-order chi connectivity index (χ1) is 14.8. The molecule has 0 spiro atoms. The van der Waals surface area contributed by atoms with E-state index in [1.807, 2.05) is 13.8 Å². The first-order valence-corrected chi connectivity index (χ1v) is 10.1. The number of amides is 2. The Labute approximate surface area is 181 Å².